The predicted molar refractivity (Wildman–Crippen MR) is 206 cm³/mol. The maximum atomic E-state index is 17.2. The Balaban J connectivity index is 1.23. The number of nitrogens with one attached hydrogen (secondary N) is 1. The van der Waals surface area contributed by atoms with Crippen LogP contribution in [0.25, 0.3) is 32.9 Å². The molecule has 54 heavy (non-hydrogen) atoms. The number of hydrogen-bond donors (Lipinski definition) is 1. The molecule has 1 N–H and O–H groups in total. The van der Waals surface area contributed by atoms with E-state index in [2.05, 4.69) is 27.0 Å². The van der Waals surface area contributed by atoms with Crippen LogP contribution in [-0.4, -0.2) is 56.7 Å². The number of rotatable bonds is 10. The highest BCUT2D eigenvalue weighted by atomic mass is 35.5. The van der Waals surface area contributed by atoms with Crippen molar-refractivity contribution >= 4 is 50.9 Å². The molecule has 5 fully saturated rings. The predicted octanol–water partition coefficient (Wildman–Crippen LogP) is 8.91. The number of pyridine rings is 2. The number of halogens is 3. The van der Waals surface area contributed by atoms with Crippen molar-refractivity contribution in [2.24, 2.45) is 11.8 Å². The first-order valence-corrected chi connectivity index (χ1v) is 19.7. The van der Waals surface area contributed by atoms with E-state index in [4.69, 9.17) is 37.7 Å². The van der Waals surface area contributed by atoms with Crippen LogP contribution in [0, 0.1) is 35.9 Å². The first-order chi connectivity index (χ1) is 26.1. The van der Waals surface area contributed by atoms with Crippen molar-refractivity contribution in [2.45, 2.75) is 89.6 Å². The second kappa shape index (κ2) is 13.7. The van der Waals surface area contributed by atoms with Gasteiger partial charge in [-0.2, -0.15) is 5.26 Å². The smallest absolute Gasteiger partial charge is 0.257 e. The topological polar surface area (TPSA) is 105 Å². The Bertz CT molecular complexity index is 2360. The molecule has 2 bridgehead atoms. The fraction of sp³-hybridized carbons (Fsp3) is 0.429. The average molecular weight is 768 g/mol. The highest BCUT2D eigenvalue weighted by molar-refractivity contribution is 6.43. The second-order valence-corrected chi connectivity index (χ2v) is 16.3. The van der Waals surface area contributed by atoms with Gasteiger partial charge in [0, 0.05) is 70.8 Å². The minimum Gasteiger partial charge on any atom is -0.483 e. The minimum absolute atomic E-state index is 0.0154. The van der Waals surface area contributed by atoms with E-state index in [-0.39, 0.29) is 59.1 Å². The third kappa shape index (κ3) is 5.87. The summed E-state index contributed by atoms with van der Waals surface area (Å²) in [5, 5.41) is 15.5. The number of aromatic nitrogens is 3. The minimum atomic E-state index is -0.491. The van der Waals surface area contributed by atoms with E-state index in [1.54, 1.807) is 24.4 Å². The summed E-state index contributed by atoms with van der Waals surface area (Å²) in [6, 6.07) is 15.4. The molecule has 2 aromatic carbocycles. The van der Waals surface area contributed by atoms with Gasteiger partial charge in [-0.15, -0.1) is 0 Å². The summed E-state index contributed by atoms with van der Waals surface area (Å²) in [5.41, 5.74) is 4.29. The molecule has 12 heteroatoms. The number of nitriles is 1. The third-order valence-corrected chi connectivity index (χ3v) is 12.4. The van der Waals surface area contributed by atoms with Crippen LogP contribution in [0.4, 0.5) is 4.39 Å². The molecular formula is C42H41Cl2FN6O3. The Morgan fingerprint density at radius 2 is 1.98 bits per heavy atom. The van der Waals surface area contributed by atoms with Crippen molar-refractivity contribution in [1.29, 1.82) is 5.26 Å². The van der Waals surface area contributed by atoms with Gasteiger partial charge < -0.3 is 24.3 Å². The summed E-state index contributed by atoms with van der Waals surface area (Å²) >= 11 is 13.1. The Morgan fingerprint density at radius 1 is 1.15 bits per heavy atom. The number of carbonyl (C=O) groups is 1. The van der Waals surface area contributed by atoms with Crippen molar-refractivity contribution in [1.82, 2.24) is 24.8 Å². The summed E-state index contributed by atoms with van der Waals surface area (Å²) in [5.74, 6) is 1.06. The fourth-order valence-corrected chi connectivity index (χ4v) is 9.42. The zero-order chi connectivity index (χ0) is 37.4. The number of ether oxygens (including phenoxy) is 2. The molecule has 6 heterocycles. The molecule has 2 aliphatic carbocycles. The van der Waals surface area contributed by atoms with Crippen LogP contribution in [0.5, 0.6) is 11.6 Å². The van der Waals surface area contributed by atoms with Crippen LogP contribution in [0.15, 0.2) is 48.7 Å². The van der Waals surface area contributed by atoms with E-state index in [9.17, 15) is 10.1 Å². The highest BCUT2D eigenvalue weighted by Gasteiger charge is 2.51. The molecule has 3 aromatic heterocycles. The molecule has 5 atom stereocenters. The Kier molecular flexibility index (Phi) is 8.95. The highest BCUT2D eigenvalue weighted by Crippen LogP contribution is 2.51. The fourth-order valence-electron chi connectivity index (χ4n) is 9.03. The van der Waals surface area contributed by atoms with Crippen LogP contribution in [0.1, 0.15) is 75.0 Å². The van der Waals surface area contributed by atoms with E-state index in [1.807, 2.05) is 43.9 Å². The summed E-state index contributed by atoms with van der Waals surface area (Å²) in [4.78, 5) is 25.5. The van der Waals surface area contributed by atoms with Gasteiger partial charge in [0.2, 0.25) is 5.91 Å². The van der Waals surface area contributed by atoms with Crippen molar-refractivity contribution in [2.75, 3.05) is 13.1 Å². The zero-order valence-corrected chi connectivity index (χ0v) is 31.9. The second-order valence-electron chi connectivity index (χ2n) is 15.5. The van der Waals surface area contributed by atoms with Gasteiger partial charge in [0.25, 0.3) is 5.88 Å². The molecule has 2 saturated carbocycles. The molecule has 5 aromatic rings. The Morgan fingerprint density at radius 3 is 2.70 bits per heavy atom. The van der Waals surface area contributed by atoms with Crippen molar-refractivity contribution in [3.8, 4) is 28.8 Å². The first kappa shape index (κ1) is 35.3. The Labute approximate surface area is 323 Å². The SMILES string of the molecule is Cc1nc2c(F)c(-c3cccc(Cl)c3Cl)c(CCC#N)cc2c2c1cc([C@H]1C[C@H](Oc3cccnc3OC(C)C)CN1C(=O)C1CC1)n2[C@H]1[C@H]2CN[C@@H]1C2. The van der Waals surface area contributed by atoms with Gasteiger partial charge in [-0.25, -0.2) is 14.4 Å². The van der Waals surface area contributed by atoms with E-state index < -0.39 is 5.82 Å². The molecule has 10 rings (SSSR count). The number of carbonyl (C=O) groups excluding carboxylic acids is 1. The summed E-state index contributed by atoms with van der Waals surface area (Å²) in [7, 11) is 0. The van der Waals surface area contributed by atoms with Gasteiger partial charge in [0.05, 0.1) is 46.4 Å². The van der Waals surface area contributed by atoms with Crippen LogP contribution < -0.4 is 14.8 Å². The van der Waals surface area contributed by atoms with E-state index in [0.29, 0.717) is 69.7 Å². The lowest BCUT2D eigenvalue weighted by molar-refractivity contribution is -0.133. The van der Waals surface area contributed by atoms with Gasteiger partial charge in [0.15, 0.2) is 11.6 Å². The van der Waals surface area contributed by atoms with Gasteiger partial charge in [-0.05, 0) is 88.3 Å². The molecule has 278 valence electrons. The quantitative estimate of drug-likeness (QED) is 0.151. The monoisotopic (exact) mass is 766 g/mol. The lowest BCUT2D eigenvalue weighted by atomic mass is 9.79. The van der Waals surface area contributed by atoms with E-state index >= 15 is 4.39 Å². The van der Waals surface area contributed by atoms with Crippen LogP contribution >= 0.6 is 23.2 Å². The molecule has 1 amide bonds. The van der Waals surface area contributed by atoms with E-state index in [0.717, 1.165) is 42.4 Å². The molecule has 3 aliphatic heterocycles. The lowest BCUT2D eigenvalue weighted by Crippen LogP contribution is -2.41. The summed E-state index contributed by atoms with van der Waals surface area (Å²) < 4.78 is 32.3. The van der Waals surface area contributed by atoms with Gasteiger partial charge in [-0.3, -0.25) is 4.79 Å². The van der Waals surface area contributed by atoms with Gasteiger partial charge >= 0.3 is 0 Å². The maximum Gasteiger partial charge on any atom is 0.257 e. The molecule has 0 radical (unpaired) electrons. The van der Waals surface area contributed by atoms with Crippen molar-refractivity contribution in [3.05, 3.63) is 81.5 Å². The van der Waals surface area contributed by atoms with Crippen LogP contribution in [-0.2, 0) is 11.2 Å². The van der Waals surface area contributed by atoms with Crippen LogP contribution in [0.2, 0.25) is 10.0 Å². The third-order valence-electron chi connectivity index (χ3n) is 11.6. The van der Waals surface area contributed by atoms with E-state index in [1.165, 1.54) is 0 Å². The normalized spacial score (nSPS) is 23.3. The molecular weight excluding hydrogens is 726 g/mol. The van der Waals surface area contributed by atoms with Gasteiger partial charge in [0.1, 0.15) is 11.6 Å². The number of fused-ring (bicyclic) bond motifs is 4. The van der Waals surface area contributed by atoms with Crippen LogP contribution in [0.3, 0.4) is 0 Å². The number of amides is 1. The Hall–Kier alpha value is -4.43. The summed E-state index contributed by atoms with van der Waals surface area (Å²) in [6.45, 7) is 7.16. The van der Waals surface area contributed by atoms with Crippen molar-refractivity contribution < 1.29 is 18.7 Å². The average Bonchev–Trinajstić information content (AvgIpc) is 3.43. The lowest BCUT2D eigenvalue weighted by Gasteiger charge is -2.39. The maximum absolute atomic E-state index is 17.2. The number of aryl methyl sites for hydroxylation is 2. The van der Waals surface area contributed by atoms with Gasteiger partial charge in [-0.1, -0.05) is 35.3 Å². The number of hydrogen-bond acceptors (Lipinski definition) is 7. The molecule has 9 nitrogen and oxygen atoms in total. The standard InChI is InChI=1S/C42H41Cl2FN6O3/c1-21(2)53-41-34(10-6-14-47-41)54-26-17-32(50(20-26)42(52)23-11-12-23)33-18-28-22(3)49-38-29(40(28)51(33)39-25-16-31(39)48-19-25)15-24(7-5-13-46)35(37(38)45)27-8-4-9-30(43)36(27)44/h4,6,8-10,14-15,18,21,23,25-26,31-32,39,48H,5,7,11-12,16-17,19-20H2,1-3H3/t25-,26+,31-,32-,39+/m1/s1. The first-order valence-electron chi connectivity index (χ1n) is 18.9. The summed E-state index contributed by atoms with van der Waals surface area (Å²) in [6.07, 6.45) is 5.24. The number of nitrogens with zero attached hydrogens (tertiary/aromatic N) is 5. The molecule has 5 aliphatic rings. The molecule has 3 saturated heterocycles. The molecule has 0 spiro atoms. The number of likely N-dealkylation sites (tertiary alicyclic amines) is 1. The molecule has 0 unspecified atom stereocenters. The van der Waals surface area contributed by atoms with Crippen molar-refractivity contribution in [3.63, 3.8) is 0 Å². The zero-order valence-electron chi connectivity index (χ0n) is 30.4. The number of benzene rings is 2. The largest absolute Gasteiger partial charge is 0.483 e.